The molecule has 0 bridgehead atoms. The number of benzene rings is 1. The molecular weight excluding hydrogens is 252 g/mol. The first-order chi connectivity index (χ1) is 8.61. The second-order valence-electron chi connectivity index (χ2n) is 4.65. The summed E-state index contributed by atoms with van der Waals surface area (Å²) in [5.74, 6) is 0.389. The van der Waals surface area contributed by atoms with E-state index in [4.69, 9.17) is 22.4 Å². The van der Waals surface area contributed by atoms with E-state index in [-0.39, 0.29) is 12.5 Å². The van der Waals surface area contributed by atoms with Gasteiger partial charge in [-0.15, -0.1) is 0 Å². The van der Waals surface area contributed by atoms with Crippen molar-refractivity contribution in [3.63, 3.8) is 0 Å². The Hall–Kier alpha value is -1.26. The number of likely N-dealkylation sites (tertiary alicyclic amines) is 1. The topological polar surface area (TPSA) is 66.6 Å². The summed E-state index contributed by atoms with van der Waals surface area (Å²) in [5, 5.41) is 9.31. The Morgan fingerprint density at radius 2 is 2.33 bits per heavy atom. The van der Waals surface area contributed by atoms with Gasteiger partial charge < -0.3 is 15.7 Å². The van der Waals surface area contributed by atoms with Gasteiger partial charge >= 0.3 is 0 Å². The number of rotatable bonds is 3. The van der Waals surface area contributed by atoms with Gasteiger partial charge in [0.05, 0.1) is 10.7 Å². The van der Waals surface area contributed by atoms with E-state index in [1.54, 1.807) is 18.2 Å². The minimum atomic E-state index is -0.0164. The van der Waals surface area contributed by atoms with Crippen LogP contribution in [0.5, 0.6) is 0 Å². The average molecular weight is 269 g/mol. The van der Waals surface area contributed by atoms with Gasteiger partial charge in [0, 0.05) is 25.3 Å². The molecule has 1 atom stereocenters. The number of aliphatic hydroxyl groups is 1. The molecule has 4 nitrogen and oxygen atoms in total. The Balaban J connectivity index is 2.05. The van der Waals surface area contributed by atoms with Crippen molar-refractivity contribution in [2.75, 3.05) is 25.4 Å². The summed E-state index contributed by atoms with van der Waals surface area (Å²) < 4.78 is 0. The van der Waals surface area contributed by atoms with Crippen LogP contribution in [0.3, 0.4) is 0 Å². The first-order valence-electron chi connectivity index (χ1n) is 6.07. The molecule has 1 aliphatic rings. The lowest BCUT2D eigenvalue weighted by molar-refractivity contribution is 0.0785. The minimum Gasteiger partial charge on any atom is -0.398 e. The average Bonchev–Trinajstić information content (AvgIpc) is 2.81. The van der Waals surface area contributed by atoms with Crippen molar-refractivity contribution < 1.29 is 9.90 Å². The van der Waals surface area contributed by atoms with Crippen molar-refractivity contribution in [2.45, 2.75) is 12.8 Å². The minimum absolute atomic E-state index is 0.0164. The van der Waals surface area contributed by atoms with Crippen molar-refractivity contribution in [1.82, 2.24) is 4.90 Å². The van der Waals surface area contributed by atoms with Crippen molar-refractivity contribution in [2.24, 2.45) is 5.92 Å². The maximum absolute atomic E-state index is 12.2. The van der Waals surface area contributed by atoms with E-state index in [1.807, 2.05) is 4.90 Å². The molecule has 0 saturated carbocycles. The first-order valence-corrected chi connectivity index (χ1v) is 6.44. The van der Waals surface area contributed by atoms with Crippen LogP contribution in [0.2, 0.25) is 5.02 Å². The monoisotopic (exact) mass is 268 g/mol. The Labute approximate surface area is 111 Å². The molecular formula is C13H17ClN2O2. The number of nitrogen functional groups attached to an aromatic ring is 1. The molecule has 1 aromatic rings. The molecule has 1 aliphatic heterocycles. The van der Waals surface area contributed by atoms with Gasteiger partial charge in [-0.25, -0.2) is 0 Å². The van der Waals surface area contributed by atoms with Crippen molar-refractivity contribution >= 4 is 23.2 Å². The first kappa shape index (κ1) is 13.2. The standard InChI is InChI=1S/C13H17ClN2O2/c14-11-7-10(1-2-12(11)15)13(18)16-5-3-9(8-16)4-6-17/h1-2,7,9,17H,3-6,8,15H2. The zero-order chi connectivity index (χ0) is 13.1. The predicted octanol–water partition coefficient (Wildman–Crippen LogP) is 1.77. The van der Waals surface area contributed by atoms with Gasteiger partial charge in [0.1, 0.15) is 0 Å². The van der Waals surface area contributed by atoms with E-state index >= 15 is 0 Å². The number of halogens is 1. The lowest BCUT2D eigenvalue weighted by Crippen LogP contribution is -2.28. The summed E-state index contributed by atoms with van der Waals surface area (Å²) in [6.45, 7) is 1.63. The van der Waals surface area contributed by atoms with Crippen LogP contribution < -0.4 is 5.73 Å². The summed E-state index contributed by atoms with van der Waals surface area (Å²) in [7, 11) is 0. The fourth-order valence-electron chi connectivity index (χ4n) is 2.28. The molecule has 1 heterocycles. The van der Waals surface area contributed by atoms with Gasteiger partial charge in [0.15, 0.2) is 0 Å². The fraction of sp³-hybridized carbons (Fsp3) is 0.462. The smallest absolute Gasteiger partial charge is 0.253 e. The van der Waals surface area contributed by atoms with Gasteiger partial charge in [-0.05, 0) is 37.0 Å². The number of nitrogens with two attached hydrogens (primary N) is 1. The van der Waals surface area contributed by atoms with Crippen LogP contribution in [0.25, 0.3) is 0 Å². The lowest BCUT2D eigenvalue weighted by atomic mass is 10.1. The molecule has 18 heavy (non-hydrogen) atoms. The summed E-state index contributed by atoms with van der Waals surface area (Å²) in [6.07, 6.45) is 1.71. The number of nitrogens with zero attached hydrogens (tertiary/aromatic N) is 1. The summed E-state index contributed by atoms with van der Waals surface area (Å²) in [6, 6.07) is 4.96. The van der Waals surface area contributed by atoms with Crippen LogP contribution in [0.1, 0.15) is 23.2 Å². The van der Waals surface area contributed by atoms with Gasteiger partial charge in [-0.2, -0.15) is 0 Å². The molecule has 98 valence electrons. The number of hydrogen-bond donors (Lipinski definition) is 2. The summed E-state index contributed by atoms with van der Waals surface area (Å²) in [5.41, 5.74) is 6.67. The third-order valence-corrected chi connectivity index (χ3v) is 3.69. The molecule has 0 radical (unpaired) electrons. The molecule has 3 N–H and O–H groups in total. The van der Waals surface area contributed by atoms with E-state index in [9.17, 15) is 4.79 Å². The second kappa shape index (κ2) is 5.59. The molecule has 2 rings (SSSR count). The van der Waals surface area contributed by atoms with Gasteiger partial charge in [0.25, 0.3) is 5.91 Å². The SMILES string of the molecule is Nc1ccc(C(=O)N2CCC(CCO)C2)cc1Cl. The zero-order valence-electron chi connectivity index (χ0n) is 10.1. The Morgan fingerprint density at radius 1 is 1.56 bits per heavy atom. The number of anilines is 1. The Kier molecular flexibility index (Phi) is 4.09. The largest absolute Gasteiger partial charge is 0.398 e. The van der Waals surface area contributed by atoms with Crippen LogP contribution in [-0.4, -0.2) is 35.6 Å². The van der Waals surface area contributed by atoms with Crippen LogP contribution in [0.4, 0.5) is 5.69 Å². The molecule has 1 fully saturated rings. The molecule has 0 spiro atoms. The van der Waals surface area contributed by atoms with E-state index in [0.717, 1.165) is 19.4 Å². The van der Waals surface area contributed by atoms with Crippen LogP contribution >= 0.6 is 11.6 Å². The third kappa shape index (κ3) is 2.76. The van der Waals surface area contributed by atoms with E-state index in [2.05, 4.69) is 0 Å². The Bertz CT molecular complexity index is 451. The summed E-state index contributed by atoms with van der Waals surface area (Å²) in [4.78, 5) is 14.0. The molecule has 1 saturated heterocycles. The van der Waals surface area contributed by atoms with E-state index < -0.39 is 0 Å². The third-order valence-electron chi connectivity index (χ3n) is 3.36. The number of carbonyl (C=O) groups excluding carboxylic acids is 1. The second-order valence-corrected chi connectivity index (χ2v) is 5.06. The van der Waals surface area contributed by atoms with Gasteiger partial charge in [-0.1, -0.05) is 11.6 Å². The number of hydrogen-bond acceptors (Lipinski definition) is 3. The highest BCUT2D eigenvalue weighted by atomic mass is 35.5. The normalized spacial score (nSPS) is 19.2. The quantitative estimate of drug-likeness (QED) is 0.821. The molecule has 1 unspecified atom stereocenters. The highest BCUT2D eigenvalue weighted by molar-refractivity contribution is 6.33. The van der Waals surface area contributed by atoms with Gasteiger partial charge in [-0.3, -0.25) is 4.79 Å². The maximum atomic E-state index is 12.2. The number of carbonyl (C=O) groups is 1. The van der Waals surface area contributed by atoms with Crippen molar-refractivity contribution in [3.8, 4) is 0 Å². The highest BCUT2D eigenvalue weighted by Gasteiger charge is 2.26. The molecule has 5 heteroatoms. The van der Waals surface area contributed by atoms with Crippen LogP contribution in [-0.2, 0) is 0 Å². The highest BCUT2D eigenvalue weighted by Crippen LogP contribution is 2.24. The number of aliphatic hydroxyl groups excluding tert-OH is 1. The van der Waals surface area contributed by atoms with E-state index in [0.29, 0.717) is 28.7 Å². The van der Waals surface area contributed by atoms with Crippen molar-refractivity contribution in [3.05, 3.63) is 28.8 Å². The van der Waals surface area contributed by atoms with Crippen LogP contribution in [0, 0.1) is 5.92 Å². The maximum Gasteiger partial charge on any atom is 0.253 e. The molecule has 1 aromatic carbocycles. The molecule has 0 aliphatic carbocycles. The predicted molar refractivity (Wildman–Crippen MR) is 71.6 cm³/mol. The fourth-order valence-corrected chi connectivity index (χ4v) is 2.46. The Morgan fingerprint density at radius 3 is 3.00 bits per heavy atom. The lowest BCUT2D eigenvalue weighted by Gasteiger charge is -2.16. The molecule has 0 aromatic heterocycles. The summed E-state index contributed by atoms with van der Waals surface area (Å²) >= 11 is 5.91. The number of amides is 1. The van der Waals surface area contributed by atoms with E-state index in [1.165, 1.54) is 0 Å². The van der Waals surface area contributed by atoms with Crippen molar-refractivity contribution in [1.29, 1.82) is 0 Å². The van der Waals surface area contributed by atoms with Gasteiger partial charge in [0.2, 0.25) is 0 Å². The zero-order valence-corrected chi connectivity index (χ0v) is 10.9. The van der Waals surface area contributed by atoms with Crippen LogP contribution in [0.15, 0.2) is 18.2 Å². The molecule has 1 amide bonds.